The molecular weight excluding hydrogens is 227 g/mol. The molecule has 0 radical (unpaired) electrons. The largest absolute Gasteiger partial charge is 0.471 e. The van der Waals surface area contributed by atoms with Crippen molar-refractivity contribution >= 4 is 11.9 Å². The fourth-order valence-corrected chi connectivity index (χ4v) is 1.07. The number of amides is 1. The zero-order valence-electron chi connectivity index (χ0n) is 9.30. The van der Waals surface area contributed by atoms with Crippen LogP contribution in [0.3, 0.4) is 0 Å². The minimum Gasteiger partial charge on any atom is -0.469 e. The monoisotopic (exact) mass is 241 g/mol. The number of rotatable bonds is 4. The molecule has 1 amide bonds. The van der Waals surface area contributed by atoms with Gasteiger partial charge in [0.25, 0.3) is 0 Å². The summed E-state index contributed by atoms with van der Waals surface area (Å²) < 4.78 is 40.8. The van der Waals surface area contributed by atoms with Crippen LogP contribution in [0.15, 0.2) is 0 Å². The van der Waals surface area contributed by atoms with Gasteiger partial charge >= 0.3 is 18.1 Å². The van der Waals surface area contributed by atoms with E-state index in [1.807, 2.05) is 0 Å². The summed E-state index contributed by atoms with van der Waals surface area (Å²) in [6.07, 6.45) is -5.17. The number of alkyl halides is 3. The van der Waals surface area contributed by atoms with E-state index in [9.17, 15) is 22.8 Å². The van der Waals surface area contributed by atoms with E-state index in [1.54, 1.807) is 0 Å². The molecule has 0 N–H and O–H groups in total. The first-order valence-electron chi connectivity index (χ1n) is 4.64. The average molecular weight is 241 g/mol. The van der Waals surface area contributed by atoms with Crippen molar-refractivity contribution < 1.29 is 27.5 Å². The number of hydrogen-bond donors (Lipinski definition) is 0. The summed E-state index contributed by atoms with van der Waals surface area (Å²) in [4.78, 5) is 22.3. The molecule has 4 nitrogen and oxygen atoms in total. The Morgan fingerprint density at radius 2 is 1.81 bits per heavy atom. The van der Waals surface area contributed by atoms with Crippen molar-refractivity contribution in [3.8, 4) is 0 Å². The van der Waals surface area contributed by atoms with E-state index in [2.05, 4.69) is 4.74 Å². The molecule has 0 saturated heterocycles. The van der Waals surface area contributed by atoms with Crippen LogP contribution < -0.4 is 0 Å². The zero-order chi connectivity index (χ0) is 12.9. The molecule has 0 aliphatic carbocycles. The first-order valence-corrected chi connectivity index (χ1v) is 4.64. The topological polar surface area (TPSA) is 46.6 Å². The fraction of sp³-hybridized carbons (Fsp3) is 0.778. The van der Waals surface area contributed by atoms with Crippen molar-refractivity contribution in [1.82, 2.24) is 4.90 Å². The minimum absolute atomic E-state index is 0.253. The van der Waals surface area contributed by atoms with Crippen LogP contribution in [0.25, 0.3) is 0 Å². The lowest BCUT2D eigenvalue weighted by Crippen LogP contribution is -2.45. The molecule has 0 saturated carbocycles. The van der Waals surface area contributed by atoms with Crippen LogP contribution in [0.2, 0.25) is 0 Å². The number of halogens is 3. The van der Waals surface area contributed by atoms with Gasteiger partial charge in [0.2, 0.25) is 0 Å². The standard InChI is InChI=1S/C9H14F3NO3/c1-6(2)13(5-4-7(14)16-3)8(15)9(10,11)12/h6H,4-5H2,1-3H3. The van der Waals surface area contributed by atoms with E-state index in [-0.39, 0.29) is 13.0 Å². The smallest absolute Gasteiger partial charge is 0.469 e. The zero-order valence-corrected chi connectivity index (χ0v) is 9.30. The van der Waals surface area contributed by atoms with E-state index in [4.69, 9.17) is 0 Å². The Hall–Kier alpha value is -1.27. The summed E-state index contributed by atoms with van der Waals surface area (Å²) >= 11 is 0. The van der Waals surface area contributed by atoms with Crippen molar-refractivity contribution in [3.63, 3.8) is 0 Å². The van der Waals surface area contributed by atoms with E-state index >= 15 is 0 Å². The molecule has 0 spiro atoms. The van der Waals surface area contributed by atoms with Crippen molar-refractivity contribution in [2.45, 2.75) is 32.5 Å². The SMILES string of the molecule is COC(=O)CCN(C(=O)C(F)(F)F)C(C)C. The van der Waals surface area contributed by atoms with E-state index in [0.717, 1.165) is 7.11 Å². The third-order valence-corrected chi connectivity index (χ3v) is 1.91. The second-order valence-corrected chi connectivity index (χ2v) is 3.42. The number of methoxy groups -OCH3 is 1. The van der Waals surface area contributed by atoms with Gasteiger partial charge in [-0.2, -0.15) is 13.2 Å². The Balaban J connectivity index is 4.52. The number of hydrogen-bond acceptors (Lipinski definition) is 3. The number of carbonyl (C=O) groups excluding carboxylic acids is 2. The molecule has 0 bridgehead atoms. The van der Waals surface area contributed by atoms with E-state index in [1.165, 1.54) is 13.8 Å². The van der Waals surface area contributed by atoms with Gasteiger partial charge in [-0.05, 0) is 13.8 Å². The summed E-state index contributed by atoms with van der Waals surface area (Å²) in [6.45, 7) is 2.59. The number of nitrogens with zero attached hydrogens (tertiary/aromatic N) is 1. The van der Waals surface area contributed by atoms with Gasteiger partial charge in [-0.1, -0.05) is 0 Å². The molecule has 0 aliphatic rings. The predicted molar refractivity (Wildman–Crippen MR) is 49.5 cm³/mol. The fourth-order valence-electron chi connectivity index (χ4n) is 1.07. The van der Waals surface area contributed by atoms with Crippen LogP contribution >= 0.6 is 0 Å². The van der Waals surface area contributed by atoms with Crippen molar-refractivity contribution in [2.24, 2.45) is 0 Å². The molecule has 7 heteroatoms. The van der Waals surface area contributed by atoms with Gasteiger partial charge in [0.1, 0.15) is 0 Å². The van der Waals surface area contributed by atoms with Crippen molar-refractivity contribution in [1.29, 1.82) is 0 Å². The summed E-state index contributed by atoms with van der Waals surface area (Å²) in [5, 5.41) is 0. The maximum Gasteiger partial charge on any atom is 0.471 e. The van der Waals surface area contributed by atoms with Crippen LogP contribution in [0.5, 0.6) is 0 Å². The molecule has 0 rings (SSSR count). The Bertz CT molecular complexity index is 263. The second kappa shape index (κ2) is 5.72. The highest BCUT2D eigenvalue weighted by atomic mass is 19.4. The van der Waals surface area contributed by atoms with Gasteiger partial charge in [0, 0.05) is 12.6 Å². The van der Waals surface area contributed by atoms with Gasteiger partial charge in [-0.25, -0.2) is 0 Å². The molecule has 0 atom stereocenters. The predicted octanol–water partition coefficient (Wildman–Crippen LogP) is 1.35. The van der Waals surface area contributed by atoms with Gasteiger partial charge in [-0.3, -0.25) is 9.59 Å². The third kappa shape index (κ3) is 4.50. The van der Waals surface area contributed by atoms with E-state index < -0.39 is 24.1 Å². The lowest BCUT2D eigenvalue weighted by Gasteiger charge is -2.27. The van der Waals surface area contributed by atoms with Crippen molar-refractivity contribution in [3.05, 3.63) is 0 Å². The Morgan fingerprint density at radius 1 is 1.31 bits per heavy atom. The summed E-state index contributed by atoms with van der Waals surface area (Å²) in [7, 11) is 1.13. The Kier molecular flexibility index (Phi) is 5.26. The van der Waals surface area contributed by atoms with Crippen LogP contribution in [-0.2, 0) is 14.3 Å². The molecule has 0 aromatic rings. The highest BCUT2D eigenvalue weighted by Crippen LogP contribution is 2.20. The molecule has 0 aliphatic heterocycles. The molecule has 0 aromatic carbocycles. The first-order chi connectivity index (χ1) is 7.20. The molecule has 0 heterocycles. The molecule has 0 aromatic heterocycles. The maximum absolute atomic E-state index is 12.2. The molecule has 0 unspecified atom stereocenters. The normalized spacial score (nSPS) is 11.4. The van der Waals surface area contributed by atoms with Gasteiger partial charge in [0.05, 0.1) is 13.5 Å². The molecule has 94 valence electrons. The Labute approximate surface area is 91.4 Å². The lowest BCUT2D eigenvalue weighted by atomic mass is 10.2. The Morgan fingerprint density at radius 3 is 2.12 bits per heavy atom. The summed E-state index contributed by atoms with van der Waals surface area (Å²) in [5.41, 5.74) is 0. The number of esters is 1. The highest BCUT2D eigenvalue weighted by molar-refractivity contribution is 5.82. The summed E-state index contributed by atoms with van der Waals surface area (Å²) in [6, 6.07) is -0.626. The first kappa shape index (κ1) is 14.7. The number of ether oxygens (including phenoxy) is 1. The quantitative estimate of drug-likeness (QED) is 0.698. The lowest BCUT2D eigenvalue weighted by molar-refractivity contribution is -0.187. The molecular formula is C9H14F3NO3. The number of carbonyl (C=O) groups is 2. The van der Waals surface area contributed by atoms with Gasteiger partial charge in [-0.15, -0.1) is 0 Å². The van der Waals surface area contributed by atoms with Gasteiger partial charge < -0.3 is 9.64 Å². The van der Waals surface area contributed by atoms with Gasteiger partial charge in [0.15, 0.2) is 0 Å². The maximum atomic E-state index is 12.2. The highest BCUT2D eigenvalue weighted by Gasteiger charge is 2.43. The van der Waals surface area contributed by atoms with Crippen LogP contribution in [0.1, 0.15) is 20.3 Å². The average Bonchev–Trinajstić information content (AvgIpc) is 2.15. The van der Waals surface area contributed by atoms with Crippen LogP contribution in [-0.4, -0.2) is 42.6 Å². The van der Waals surface area contributed by atoms with Crippen LogP contribution in [0, 0.1) is 0 Å². The van der Waals surface area contributed by atoms with Crippen LogP contribution in [0.4, 0.5) is 13.2 Å². The van der Waals surface area contributed by atoms with E-state index in [0.29, 0.717) is 4.90 Å². The molecule has 16 heavy (non-hydrogen) atoms. The second-order valence-electron chi connectivity index (χ2n) is 3.42. The molecule has 0 fully saturated rings. The minimum atomic E-state index is -4.92. The summed E-state index contributed by atoms with van der Waals surface area (Å²) in [5.74, 6) is -2.59. The third-order valence-electron chi connectivity index (χ3n) is 1.91. The van der Waals surface area contributed by atoms with Crippen molar-refractivity contribution in [2.75, 3.05) is 13.7 Å².